The van der Waals surface area contributed by atoms with Crippen LogP contribution in [0.3, 0.4) is 0 Å². The van der Waals surface area contributed by atoms with Crippen LogP contribution in [0, 0.1) is 17.3 Å². The molecule has 88 valence electrons. The molecule has 1 saturated heterocycles. The minimum Gasteiger partial charge on any atom is -0.355 e. The van der Waals surface area contributed by atoms with Gasteiger partial charge in [-0.15, -0.1) is 0 Å². The predicted molar refractivity (Wildman–Crippen MR) is 62.9 cm³/mol. The summed E-state index contributed by atoms with van der Waals surface area (Å²) in [7, 11) is 0. The van der Waals surface area contributed by atoms with Crippen molar-refractivity contribution in [3.8, 4) is 0 Å². The van der Waals surface area contributed by atoms with Gasteiger partial charge in [0.25, 0.3) is 0 Å². The molecule has 2 aliphatic carbocycles. The van der Waals surface area contributed by atoms with Gasteiger partial charge in [0, 0.05) is 5.41 Å². The molecule has 3 rings (SSSR count). The first-order chi connectivity index (χ1) is 7.92. The highest BCUT2D eigenvalue weighted by Gasteiger charge is 2.46. The van der Waals surface area contributed by atoms with Crippen molar-refractivity contribution in [2.24, 2.45) is 17.3 Å². The van der Waals surface area contributed by atoms with Crippen molar-refractivity contribution >= 4 is 0 Å². The van der Waals surface area contributed by atoms with Crippen LogP contribution in [0.2, 0.25) is 0 Å². The Kier molecular flexibility index (Phi) is 2.86. The average Bonchev–Trinajstić information content (AvgIpc) is 3.04. The van der Waals surface area contributed by atoms with Crippen molar-refractivity contribution in [2.75, 3.05) is 20.0 Å². The number of ether oxygens (including phenoxy) is 2. The summed E-state index contributed by atoms with van der Waals surface area (Å²) < 4.78 is 11.2. The van der Waals surface area contributed by atoms with E-state index in [2.05, 4.69) is 24.3 Å². The summed E-state index contributed by atoms with van der Waals surface area (Å²) in [4.78, 5) is 0. The minimum absolute atomic E-state index is 0.220. The molecule has 1 heterocycles. The molecule has 0 bridgehead atoms. The van der Waals surface area contributed by atoms with E-state index >= 15 is 0 Å². The Balaban J connectivity index is 1.86. The molecule has 0 aromatic rings. The lowest BCUT2D eigenvalue weighted by Crippen LogP contribution is -2.47. The molecule has 0 aromatic carbocycles. The third-order valence-corrected chi connectivity index (χ3v) is 4.41. The summed E-state index contributed by atoms with van der Waals surface area (Å²) in [6, 6.07) is 0. The summed E-state index contributed by atoms with van der Waals surface area (Å²) in [5.74, 6) is 1.31. The molecule has 0 radical (unpaired) electrons. The lowest BCUT2D eigenvalue weighted by atomic mass is 9.66. The highest BCUT2D eigenvalue weighted by atomic mass is 16.7. The smallest absolute Gasteiger partial charge is 0.146 e. The number of hydrogen-bond donors (Lipinski definition) is 0. The van der Waals surface area contributed by atoms with Crippen molar-refractivity contribution in [3.05, 3.63) is 24.3 Å². The van der Waals surface area contributed by atoms with Gasteiger partial charge < -0.3 is 9.47 Å². The molecule has 0 saturated carbocycles. The maximum absolute atomic E-state index is 5.62. The van der Waals surface area contributed by atoms with E-state index in [4.69, 9.17) is 9.47 Å². The Bertz CT molecular complexity index is 276. The second kappa shape index (κ2) is 4.34. The Labute approximate surface area is 97.3 Å². The van der Waals surface area contributed by atoms with Crippen molar-refractivity contribution < 1.29 is 9.47 Å². The monoisotopic (exact) mass is 220 g/mol. The van der Waals surface area contributed by atoms with Gasteiger partial charge in [0.05, 0.1) is 13.2 Å². The van der Waals surface area contributed by atoms with E-state index in [1.54, 1.807) is 0 Å². The zero-order valence-electron chi connectivity index (χ0n) is 9.73. The Morgan fingerprint density at radius 1 is 0.875 bits per heavy atom. The maximum atomic E-state index is 5.62. The first-order valence-electron chi connectivity index (χ1n) is 6.41. The van der Waals surface area contributed by atoms with Gasteiger partial charge in [-0.05, 0) is 37.5 Å². The molecule has 2 nitrogen and oxygen atoms in total. The van der Waals surface area contributed by atoms with Gasteiger partial charge in [-0.25, -0.2) is 0 Å². The first-order valence-corrected chi connectivity index (χ1v) is 6.41. The fourth-order valence-corrected chi connectivity index (χ4v) is 3.49. The number of allylic oxidation sites excluding steroid dienone is 4. The lowest BCUT2D eigenvalue weighted by molar-refractivity contribution is -0.189. The standard InChI is InChI=1S/C14H20O2/c1-2-6-12(5-1)14(9-15-11-16-10-14)13-7-3-4-8-13/h1,3,5,7,12-13H,2,4,6,8-11H2. The molecule has 2 atom stereocenters. The normalized spacial score (nSPS) is 37.0. The summed E-state index contributed by atoms with van der Waals surface area (Å²) in [6.07, 6.45) is 14.4. The van der Waals surface area contributed by atoms with Crippen LogP contribution in [0.4, 0.5) is 0 Å². The van der Waals surface area contributed by atoms with E-state index in [1.807, 2.05) is 0 Å². The van der Waals surface area contributed by atoms with E-state index < -0.39 is 0 Å². The zero-order chi connectivity index (χ0) is 10.8. The van der Waals surface area contributed by atoms with Crippen LogP contribution in [0.25, 0.3) is 0 Å². The molecule has 0 spiro atoms. The van der Waals surface area contributed by atoms with E-state index in [0.29, 0.717) is 18.6 Å². The van der Waals surface area contributed by atoms with Gasteiger partial charge >= 0.3 is 0 Å². The molecule has 16 heavy (non-hydrogen) atoms. The largest absolute Gasteiger partial charge is 0.355 e. The van der Waals surface area contributed by atoms with Crippen LogP contribution in [-0.2, 0) is 9.47 Å². The zero-order valence-corrected chi connectivity index (χ0v) is 9.73. The molecule has 0 amide bonds. The number of hydrogen-bond acceptors (Lipinski definition) is 2. The van der Waals surface area contributed by atoms with Crippen LogP contribution in [0.1, 0.15) is 25.7 Å². The van der Waals surface area contributed by atoms with Crippen molar-refractivity contribution in [1.82, 2.24) is 0 Å². The van der Waals surface area contributed by atoms with E-state index in [1.165, 1.54) is 25.7 Å². The van der Waals surface area contributed by atoms with Gasteiger partial charge in [-0.3, -0.25) is 0 Å². The Morgan fingerprint density at radius 3 is 1.88 bits per heavy atom. The summed E-state index contributed by atoms with van der Waals surface area (Å²) in [5, 5.41) is 0. The highest BCUT2D eigenvalue weighted by Crippen LogP contribution is 2.47. The SMILES string of the molecule is C1=CC(C2(C3C=CCC3)COCOC2)CC1. The van der Waals surface area contributed by atoms with E-state index in [9.17, 15) is 0 Å². The van der Waals surface area contributed by atoms with Crippen LogP contribution >= 0.6 is 0 Å². The topological polar surface area (TPSA) is 18.5 Å². The fraction of sp³-hybridized carbons (Fsp3) is 0.714. The van der Waals surface area contributed by atoms with Gasteiger partial charge in [0.15, 0.2) is 0 Å². The predicted octanol–water partition coefficient (Wildman–Crippen LogP) is 2.91. The molecule has 0 aromatic heterocycles. The third kappa shape index (κ3) is 1.64. The summed E-state index contributed by atoms with van der Waals surface area (Å²) >= 11 is 0. The molecule has 3 aliphatic rings. The Morgan fingerprint density at radius 2 is 1.44 bits per heavy atom. The number of rotatable bonds is 2. The average molecular weight is 220 g/mol. The van der Waals surface area contributed by atoms with Crippen molar-refractivity contribution in [2.45, 2.75) is 25.7 Å². The van der Waals surface area contributed by atoms with Crippen LogP contribution in [-0.4, -0.2) is 20.0 Å². The minimum atomic E-state index is 0.220. The molecular formula is C14H20O2. The molecule has 2 heteroatoms. The van der Waals surface area contributed by atoms with Crippen LogP contribution < -0.4 is 0 Å². The van der Waals surface area contributed by atoms with Crippen LogP contribution in [0.15, 0.2) is 24.3 Å². The quantitative estimate of drug-likeness (QED) is 0.666. The molecule has 1 aliphatic heterocycles. The maximum Gasteiger partial charge on any atom is 0.146 e. The highest BCUT2D eigenvalue weighted by molar-refractivity contribution is 5.13. The third-order valence-electron chi connectivity index (χ3n) is 4.41. The van der Waals surface area contributed by atoms with Crippen LogP contribution in [0.5, 0.6) is 0 Å². The van der Waals surface area contributed by atoms with Gasteiger partial charge in [0.2, 0.25) is 0 Å². The molecular weight excluding hydrogens is 200 g/mol. The van der Waals surface area contributed by atoms with Crippen molar-refractivity contribution in [1.29, 1.82) is 0 Å². The molecule has 2 unspecified atom stereocenters. The lowest BCUT2D eigenvalue weighted by Gasteiger charge is -2.44. The fourth-order valence-electron chi connectivity index (χ4n) is 3.49. The van der Waals surface area contributed by atoms with E-state index in [0.717, 1.165) is 13.2 Å². The summed E-state index contributed by atoms with van der Waals surface area (Å²) in [6.45, 7) is 2.22. The second-order valence-corrected chi connectivity index (χ2v) is 5.27. The molecule has 1 fully saturated rings. The Hall–Kier alpha value is -0.600. The van der Waals surface area contributed by atoms with Gasteiger partial charge in [-0.1, -0.05) is 24.3 Å². The first kappa shape index (κ1) is 10.5. The summed E-state index contributed by atoms with van der Waals surface area (Å²) in [5.41, 5.74) is 0.220. The second-order valence-electron chi connectivity index (χ2n) is 5.27. The van der Waals surface area contributed by atoms with E-state index in [-0.39, 0.29) is 5.41 Å². The van der Waals surface area contributed by atoms with Gasteiger partial charge in [0.1, 0.15) is 6.79 Å². The van der Waals surface area contributed by atoms with Crippen molar-refractivity contribution in [3.63, 3.8) is 0 Å². The molecule has 0 N–H and O–H groups in total. The van der Waals surface area contributed by atoms with Gasteiger partial charge in [-0.2, -0.15) is 0 Å².